The third-order valence-electron chi connectivity index (χ3n) is 2.74. The highest BCUT2D eigenvalue weighted by Crippen LogP contribution is 2.21. The number of rotatable bonds is 3. The Morgan fingerprint density at radius 1 is 1.41 bits per heavy atom. The van der Waals surface area contributed by atoms with Gasteiger partial charge in [0, 0.05) is 12.1 Å². The highest BCUT2D eigenvalue weighted by atomic mass is 16.5. The number of hydrogen-bond donors (Lipinski definition) is 3. The lowest BCUT2D eigenvalue weighted by molar-refractivity contribution is -0.127. The molecule has 17 heavy (non-hydrogen) atoms. The minimum absolute atomic E-state index is 0.212. The molecule has 0 bridgehead atoms. The number of hydrogen-bond acceptors (Lipinski definition) is 4. The van der Waals surface area contributed by atoms with E-state index in [2.05, 4.69) is 5.32 Å². The summed E-state index contributed by atoms with van der Waals surface area (Å²) in [5.41, 5.74) is 0.683. The van der Waals surface area contributed by atoms with E-state index in [1.165, 1.54) is 0 Å². The lowest BCUT2D eigenvalue weighted by atomic mass is 10.1. The van der Waals surface area contributed by atoms with Crippen molar-refractivity contribution in [2.45, 2.75) is 24.7 Å². The van der Waals surface area contributed by atoms with Crippen LogP contribution in [0.3, 0.4) is 0 Å². The maximum Gasteiger partial charge on any atom is 0.253 e. The fourth-order valence-corrected chi connectivity index (χ4v) is 1.81. The summed E-state index contributed by atoms with van der Waals surface area (Å²) in [5, 5.41) is 21.1. The molecule has 1 fully saturated rings. The molecule has 1 saturated heterocycles. The molecular weight excluding hydrogens is 222 g/mol. The first-order chi connectivity index (χ1) is 8.20. The highest BCUT2D eigenvalue weighted by Gasteiger charge is 2.37. The van der Waals surface area contributed by atoms with Gasteiger partial charge in [-0.3, -0.25) is 4.79 Å². The number of carbonyl (C=O) groups excluding carboxylic acids is 1. The van der Waals surface area contributed by atoms with E-state index in [9.17, 15) is 9.90 Å². The van der Waals surface area contributed by atoms with Gasteiger partial charge < -0.3 is 20.3 Å². The zero-order chi connectivity index (χ0) is 12.3. The van der Waals surface area contributed by atoms with Gasteiger partial charge in [-0.05, 0) is 12.1 Å². The molecule has 1 heterocycles. The Morgan fingerprint density at radius 2 is 2.12 bits per heavy atom. The van der Waals surface area contributed by atoms with Gasteiger partial charge >= 0.3 is 0 Å². The molecule has 1 aromatic rings. The fourth-order valence-electron chi connectivity index (χ4n) is 1.81. The van der Waals surface area contributed by atoms with Gasteiger partial charge in [-0.15, -0.1) is 0 Å². The van der Waals surface area contributed by atoms with Crippen LogP contribution in [0, 0.1) is 0 Å². The second-order valence-electron chi connectivity index (χ2n) is 4.00. The SMILES string of the molecule is O=C(Nc1ccccc1)[C@H]1C[C@H](O)[C@@H](CO)O1. The van der Waals surface area contributed by atoms with Crippen LogP contribution >= 0.6 is 0 Å². The van der Waals surface area contributed by atoms with Crippen molar-refractivity contribution in [1.82, 2.24) is 0 Å². The molecule has 92 valence electrons. The topological polar surface area (TPSA) is 78.8 Å². The van der Waals surface area contributed by atoms with E-state index in [1.807, 2.05) is 18.2 Å². The monoisotopic (exact) mass is 237 g/mol. The van der Waals surface area contributed by atoms with E-state index >= 15 is 0 Å². The van der Waals surface area contributed by atoms with Gasteiger partial charge in [0.1, 0.15) is 12.2 Å². The van der Waals surface area contributed by atoms with Gasteiger partial charge in [-0.25, -0.2) is 0 Å². The third kappa shape index (κ3) is 2.82. The van der Waals surface area contributed by atoms with Crippen molar-refractivity contribution in [2.75, 3.05) is 11.9 Å². The summed E-state index contributed by atoms with van der Waals surface area (Å²) in [5.74, 6) is -0.300. The number of benzene rings is 1. The molecule has 0 spiro atoms. The summed E-state index contributed by atoms with van der Waals surface area (Å²) in [6, 6.07) is 9.03. The Kier molecular flexibility index (Phi) is 3.73. The molecule has 0 saturated carbocycles. The molecule has 2 rings (SSSR count). The van der Waals surface area contributed by atoms with Gasteiger partial charge in [0.15, 0.2) is 0 Å². The average molecular weight is 237 g/mol. The number of amides is 1. The molecule has 0 aromatic heterocycles. The van der Waals surface area contributed by atoms with Crippen molar-refractivity contribution in [3.63, 3.8) is 0 Å². The van der Waals surface area contributed by atoms with Crippen molar-refractivity contribution in [2.24, 2.45) is 0 Å². The van der Waals surface area contributed by atoms with E-state index in [0.717, 1.165) is 0 Å². The smallest absolute Gasteiger partial charge is 0.253 e. The predicted octanol–water partition coefficient (Wildman–Crippen LogP) is 0.136. The van der Waals surface area contributed by atoms with Gasteiger partial charge in [-0.1, -0.05) is 18.2 Å². The van der Waals surface area contributed by atoms with Crippen molar-refractivity contribution in [3.05, 3.63) is 30.3 Å². The molecule has 5 heteroatoms. The Morgan fingerprint density at radius 3 is 2.71 bits per heavy atom. The normalized spacial score (nSPS) is 28.0. The Balaban J connectivity index is 1.94. The molecule has 1 aliphatic rings. The molecule has 0 aliphatic carbocycles. The van der Waals surface area contributed by atoms with Crippen LogP contribution in [-0.2, 0) is 9.53 Å². The van der Waals surface area contributed by atoms with E-state index in [-0.39, 0.29) is 18.9 Å². The van der Waals surface area contributed by atoms with Crippen LogP contribution in [0.25, 0.3) is 0 Å². The van der Waals surface area contributed by atoms with Crippen LogP contribution in [-0.4, -0.2) is 41.0 Å². The van der Waals surface area contributed by atoms with Crippen LogP contribution in [0.5, 0.6) is 0 Å². The van der Waals surface area contributed by atoms with Crippen LogP contribution in [0.4, 0.5) is 5.69 Å². The van der Waals surface area contributed by atoms with Gasteiger partial charge in [0.2, 0.25) is 0 Å². The van der Waals surface area contributed by atoms with Crippen molar-refractivity contribution >= 4 is 11.6 Å². The van der Waals surface area contributed by atoms with Crippen molar-refractivity contribution in [3.8, 4) is 0 Å². The first kappa shape index (κ1) is 12.0. The summed E-state index contributed by atoms with van der Waals surface area (Å²) in [6.45, 7) is -0.281. The van der Waals surface area contributed by atoms with Gasteiger partial charge in [0.05, 0.1) is 12.7 Å². The number of nitrogens with one attached hydrogen (secondary N) is 1. The van der Waals surface area contributed by atoms with Gasteiger partial charge in [-0.2, -0.15) is 0 Å². The molecule has 1 aliphatic heterocycles. The standard InChI is InChI=1S/C12H15NO4/c14-7-11-9(15)6-10(17-11)12(16)13-8-4-2-1-3-5-8/h1-5,9-11,14-15H,6-7H2,(H,13,16)/t9-,10+,11+/m0/s1. The van der Waals surface area contributed by atoms with Crippen LogP contribution in [0.2, 0.25) is 0 Å². The fraction of sp³-hybridized carbons (Fsp3) is 0.417. The Labute approximate surface area is 99.0 Å². The van der Waals surface area contributed by atoms with Crippen molar-refractivity contribution in [1.29, 1.82) is 0 Å². The van der Waals surface area contributed by atoms with Crippen LogP contribution < -0.4 is 5.32 Å². The summed E-state index contributed by atoms with van der Waals surface area (Å²) in [6.07, 6.45) is -1.94. The number of para-hydroxylation sites is 1. The maximum absolute atomic E-state index is 11.8. The Hall–Kier alpha value is -1.43. The number of ether oxygens (including phenoxy) is 1. The summed E-state index contributed by atoms with van der Waals surface area (Å²) in [7, 11) is 0. The molecule has 0 radical (unpaired) electrons. The van der Waals surface area contributed by atoms with E-state index < -0.39 is 18.3 Å². The number of anilines is 1. The molecule has 3 atom stereocenters. The Bertz CT molecular complexity index is 381. The predicted molar refractivity (Wildman–Crippen MR) is 61.4 cm³/mol. The lowest BCUT2D eigenvalue weighted by Gasteiger charge is -2.12. The summed E-state index contributed by atoms with van der Waals surface area (Å²) < 4.78 is 5.24. The van der Waals surface area contributed by atoms with E-state index in [0.29, 0.717) is 5.69 Å². The van der Waals surface area contributed by atoms with Crippen LogP contribution in [0.15, 0.2) is 30.3 Å². The number of aliphatic hydroxyl groups excluding tert-OH is 2. The van der Waals surface area contributed by atoms with E-state index in [1.54, 1.807) is 12.1 Å². The highest BCUT2D eigenvalue weighted by molar-refractivity contribution is 5.94. The van der Waals surface area contributed by atoms with E-state index in [4.69, 9.17) is 9.84 Å². The average Bonchev–Trinajstić information content (AvgIpc) is 2.72. The van der Waals surface area contributed by atoms with Crippen LogP contribution in [0.1, 0.15) is 6.42 Å². The largest absolute Gasteiger partial charge is 0.394 e. The molecule has 1 amide bonds. The molecule has 0 unspecified atom stereocenters. The lowest BCUT2D eigenvalue weighted by Crippen LogP contribution is -2.28. The second-order valence-corrected chi connectivity index (χ2v) is 4.00. The second kappa shape index (κ2) is 5.27. The third-order valence-corrected chi connectivity index (χ3v) is 2.74. The summed E-state index contributed by atoms with van der Waals surface area (Å²) in [4.78, 5) is 11.8. The molecule has 1 aromatic carbocycles. The quantitative estimate of drug-likeness (QED) is 0.698. The minimum Gasteiger partial charge on any atom is -0.394 e. The molecule has 3 N–H and O–H groups in total. The van der Waals surface area contributed by atoms with Crippen molar-refractivity contribution < 1.29 is 19.7 Å². The first-order valence-electron chi connectivity index (χ1n) is 5.51. The number of carbonyl (C=O) groups is 1. The molecular formula is C12H15NO4. The van der Waals surface area contributed by atoms with Gasteiger partial charge in [0.25, 0.3) is 5.91 Å². The minimum atomic E-state index is -0.786. The number of aliphatic hydroxyl groups is 2. The maximum atomic E-state index is 11.8. The zero-order valence-electron chi connectivity index (χ0n) is 9.24. The first-order valence-corrected chi connectivity index (χ1v) is 5.51. The summed E-state index contributed by atoms with van der Waals surface area (Å²) >= 11 is 0. The molecule has 5 nitrogen and oxygen atoms in total. The zero-order valence-corrected chi connectivity index (χ0v) is 9.24.